The van der Waals surface area contributed by atoms with Gasteiger partial charge in [-0.1, -0.05) is 25.3 Å². The summed E-state index contributed by atoms with van der Waals surface area (Å²) in [5.74, 6) is 1.86. The molecular weight excluding hydrogens is 246 g/mol. The van der Waals surface area contributed by atoms with Gasteiger partial charge in [0.15, 0.2) is 0 Å². The smallest absolute Gasteiger partial charge is 0.119 e. The van der Waals surface area contributed by atoms with Gasteiger partial charge in [-0.2, -0.15) is 0 Å². The number of ether oxygens (including phenoxy) is 1. The fourth-order valence-electron chi connectivity index (χ4n) is 3.97. The second-order valence-electron chi connectivity index (χ2n) is 6.51. The second kappa shape index (κ2) is 6.17. The third-order valence-electron chi connectivity index (χ3n) is 5.25. The molecule has 1 fully saturated rings. The molecule has 1 N–H and O–H groups in total. The molecule has 0 bridgehead atoms. The minimum absolute atomic E-state index is 0.525. The highest BCUT2D eigenvalue weighted by molar-refractivity contribution is 5.40. The normalized spacial score (nSPS) is 24.4. The van der Waals surface area contributed by atoms with Crippen LogP contribution in [0.1, 0.15) is 62.6 Å². The second-order valence-corrected chi connectivity index (χ2v) is 6.51. The van der Waals surface area contributed by atoms with Crippen molar-refractivity contribution in [1.82, 2.24) is 5.32 Å². The van der Waals surface area contributed by atoms with Crippen LogP contribution in [-0.2, 0) is 6.42 Å². The Kier molecular flexibility index (Phi) is 4.30. The highest BCUT2D eigenvalue weighted by Crippen LogP contribution is 2.35. The van der Waals surface area contributed by atoms with Crippen LogP contribution in [0.4, 0.5) is 0 Å². The number of methoxy groups -OCH3 is 1. The molecule has 1 unspecified atom stereocenters. The summed E-state index contributed by atoms with van der Waals surface area (Å²) in [7, 11) is 1.75. The average Bonchev–Trinajstić information content (AvgIpc) is 2.90. The van der Waals surface area contributed by atoms with Gasteiger partial charge in [-0.15, -0.1) is 0 Å². The van der Waals surface area contributed by atoms with Gasteiger partial charge in [0.2, 0.25) is 0 Å². The van der Waals surface area contributed by atoms with Crippen molar-refractivity contribution < 1.29 is 4.74 Å². The van der Waals surface area contributed by atoms with E-state index in [4.69, 9.17) is 4.74 Å². The third-order valence-corrected chi connectivity index (χ3v) is 5.25. The molecule has 2 aliphatic rings. The monoisotopic (exact) mass is 273 g/mol. The minimum Gasteiger partial charge on any atom is -0.497 e. The van der Waals surface area contributed by atoms with Crippen LogP contribution in [0.2, 0.25) is 0 Å². The Balaban J connectivity index is 1.67. The van der Waals surface area contributed by atoms with E-state index in [2.05, 4.69) is 30.4 Å². The molecule has 0 spiro atoms. The maximum Gasteiger partial charge on any atom is 0.119 e. The van der Waals surface area contributed by atoms with Gasteiger partial charge in [0, 0.05) is 12.1 Å². The molecule has 2 aliphatic carbocycles. The van der Waals surface area contributed by atoms with Gasteiger partial charge < -0.3 is 10.1 Å². The summed E-state index contributed by atoms with van der Waals surface area (Å²) in [6.07, 6.45) is 9.54. The van der Waals surface area contributed by atoms with Gasteiger partial charge in [-0.3, -0.25) is 0 Å². The Labute approximate surface area is 122 Å². The van der Waals surface area contributed by atoms with Crippen LogP contribution in [0.15, 0.2) is 18.2 Å². The lowest BCUT2D eigenvalue weighted by Crippen LogP contribution is -2.36. The maximum absolute atomic E-state index is 5.38. The zero-order valence-corrected chi connectivity index (χ0v) is 12.8. The van der Waals surface area contributed by atoms with Crippen molar-refractivity contribution in [2.24, 2.45) is 5.92 Å². The van der Waals surface area contributed by atoms with Crippen LogP contribution in [0, 0.1) is 5.92 Å². The Morgan fingerprint density at radius 2 is 1.95 bits per heavy atom. The molecular formula is C18H27NO. The van der Waals surface area contributed by atoms with E-state index in [1.165, 1.54) is 56.1 Å². The lowest BCUT2D eigenvalue weighted by atomic mass is 9.84. The first-order chi connectivity index (χ1) is 9.78. The van der Waals surface area contributed by atoms with Gasteiger partial charge in [0.1, 0.15) is 5.75 Å². The number of nitrogens with one attached hydrogen (secondary N) is 1. The van der Waals surface area contributed by atoms with Gasteiger partial charge in [0.25, 0.3) is 0 Å². The zero-order valence-electron chi connectivity index (χ0n) is 12.8. The Morgan fingerprint density at radius 1 is 1.15 bits per heavy atom. The van der Waals surface area contributed by atoms with Crippen LogP contribution >= 0.6 is 0 Å². The molecule has 1 aromatic rings. The van der Waals surface area contributed by atoms with E-state index in [0.29, 0.717) is 12.1 Å². The number of aryl methyl sites for hydroxylation is 1. The van der Waals surface area contributed by atoms with Crippen molar-refractivity contribution in [3.63, 3.8) is 0 Å². The molecule has 2 nitrogen and oxygen atoms in total. The van der Waals surface area contributed by atoms with E-state index < -0.39 is 0 Å². The first-order valence-electron chi connectivity index (χ1n) is 8.21. The molecule has 110 valence electrons. The molecule has 2 heteroatoms. The van der Waals surface area contributed by atoms with Gasteiger partial charge >= 0.3 is 0 Å². The first kappa shape index (κ1) is 13.9. The third kappa shape index (κ3) is 2.85. The summed E-state index contributed by atoms with van der Waals surface area (Å²) >= 11 is 0. The highest BCUT2D eigenvalue weighted by atomic mass is 16.5. The highest BCUT2D eigenvalue weighted by Gasteiger charge is 2.27. The van der Waals surface area contributed by atoms with Gasteiger partial charge in [-0.25, -0.2) is 0 Å². The first-order valence-corrected chi connectivity index (χ1v) is 8.21. The standard InChI is InChI=1S/C18H27NO/c1-13(14-6-4-3-5-7-14)19-18-11-9-15-8-10-16(20-2)12-17(15)18/h8,10,12-14,18-19H,3-7,9,11H2,1-2H3/t13-,18?/m1/s1. The molecule has 3 rings (SSSR count). The van der Waals surface area contributed by atoms with Crippen LogP contribution in [0.25, 0.3) is 0 Å². The van der Waals surface area contributed by atoms with Crippen LogP contribution < -0.4 is 10.1 Å². The number of hydrogen-bond donors (Lipinski definition) is 1. The van der Waals surface area contributed by atoms with Crippen molar-refractivity contribution in [3.8, 4) is 5.75 Å². The quantitative estimate of drug-likeness (QED) is 0.886. The zero-order chi connectivity index (χ0) is 13.9. The van der Waals surface area contributed by atoms with Crippen molar-refractivity contribution in [1.29, 1.82) is 0 Å². The lowest BCUT2D eigenvalue weighted by Gasteiger charge is -2.31. The predicted molar refractivity (Wildman–Crippen MR) is 83.2 cm³/mol. The van der Waals surface area contributed by atoms with Crippen molar-refractivity contribution in [2.45, 2.75) is 64.0 Å². The summed E-state index contributed by atoms with van der Waals surface area (Å²) in [5, 5.41) is 3.90. The average molecular weight is 273 g/mol. The lowest BCUT2D eigenvalue weighted by molar-refractivity contribution is 0.264. The SMILES string of the molecule is COc1ccc2c(c1)C(N[C@H](C)C1CCCCC1)CC2. The molecule has 20 heavy (non-hydrogen) atoms. The summed E-state index contributed by atoms with van der Waals surface area (Å²) in [4.78, 5) is 0. The van der Waals surface area contributed by atoms with Crippen LogP contribution in [0.3, 0.4) is 0 Å². The summed E-state index contributed by atoms with van der Waals surface area (Å²) in [5.41, 5.74) is 2.96. The van der Waals surface area contributed by atoms with Gasteiger partial charge in [-0.05, 0) is 61.8 Å². The van der Waals surface area contributed by atoms with Crippen LogP contribution in [0.5, 0.6) is 5.75 Å². The molecule has 0 radical (unpaired) electrons. The molecule has 2 atom stereocenters. The predicted octanol–water partition coefficient (Wildman–Crippen LogP) is 4.24. The van der Waals surface area contributed by atoms with Crippen molar-refractivity contribution >= 4 is 0 Å². The Morgan fingerprint density at radius 3 is 2.70 bits per heavy atom. The number of benzene rings is 1. The van der Waals surface area contributed by atoms with E-state index in [0.717, 1.165) is 11.7 Å². The fraction of sp³-hybridized carbons (Fsp3) is 0.667. The summed E-state index contributed by atoms with van der Waals surface area (Å²) < 4.78 is 5.38. The van der Waals surface area contributed by atoms with Crippen LogP contribution in [-0.4, -0.2) is 13.2 Å². The number of rotatable bonds is 4. The molecule has 0 amide bonds. The molecule has 0 aliphatic heterocycles. The maximum atomic E-state index is 5.38. The topological polar surface area (TPSA) is 21.3 Å². The minimum atomic E-state index is 0.525. The molecule has 1 saturated carbocycles. The van der Waals surface area contributed by atoms with Crippen molar-refractivity contribution in [3.05, 3.63) is 29.3 Å². The van der Waals surface area contributed by atoms with Crippen molar-refractivity contribution in [2.75, 3.05) is 7.11 Å². The van der Waals surface area contributed by atoms with E-state index >= 15 is 0 Å². The van der Waals surface area contributed by atoms with E-state index in [1.807, 2.05) is 0 Å². The molecule has 0 heterocycles. The van der Waals surface area contributed by atoms with E-state index in [-0.39, 0.29) is 0 Å². The number of fused-ring (bicyclic) bond motifs is 1. The van der Waals surface area contributed by atoms with E-state index in [1.54, 1.807) is 7.11 Å². The summed E-state index contributed by atoms with van der Waals surface area (Å²) in [6.45, 7) is 2.38. The number of hydrogen-bond acceptors (Lipinski definition) is 2. The molecule has 0 aromatic heterocycles. The Hall–Kier alpha value is -1.02. The Bertz CT molecular complexity index is 451. The van der Waals surface area contributed by atoms with E-state index in [9.17, 15) is 0 Å². The largest absolute Gasteiger partial charge is 0.497 e. The molecule has 1 aromatic carbocycles. The molecule has 0 saturated heterocycles. The van der Waals surface area contributed by atoms with Gasteiger partial charge in [0.05, 0.1) is 7.11 Å². The fourth-order valence-corrected chi connectivity index (χ4v) is 3.97. The summed E-state index contributed by atoms with van der Waals surface area (Å²) in [6, 6.07) is 7.72.